The van der Waals surface area contributed by atoms with Gasteiger partial charge in [0.15, 0.2) is 0 Å². The lowest BCUT2D eigenvalue weighted by Crippen LogP contribution is -1.95. The van der Waals surface area contributed by atoms with Crippen molar-refractivity contribution in [2.45, 2.75) is 13.5 Å². The van der Waals surface area contributed by atoms with Crippen molar-refractivity contribution >= 4 is 22.6 Å². The molecular weight excluding hydrogens is 258 g/mol. The molecule has 0 amide bonds. The van der Waals surface area contributed by atoms with Crippen LogP contribution in [-0.2, 0) is 6.54 Å². The Morgan fingerprint density at radius 1 is 1.11 bits per heavy atom. The summed E-state index contributed by atoms with van der Waals surface area (Å²) >= 11 is 6.29. The highest BCUT2D eigenvalue weighted by Crippen LogP contribution is 2.33. The van der Waals surface area contributed by atoms with Crippen LogP contribution < -0.4 is 5.73 Å². The zero-order valence-corrected chi connectivity index (χ0v) is 11.4. The molecule has 0 aliphatic rings. The highest BCUT2D eigenvalue weighted by molar-refractivity contribution is 6.33. The van der Waals surface area contributed by atoms with Gasteiger partial charge in [0.05, 0.1) is 5.02 Å². The molecule has 3 rings (SSSR count). The van der Waals surface area contributed by atoms with Crippen LogP contribution in [0, 0.1) is 6.92 Å². The summed E-state index contributed by atoms with van der Waals surface area (Å²) in [4.78, 5) is 0. The maximum Gasteiger partial charge on any atom is 0.136 e. The van der Waals surface area contributed by atoms with Gasteiger partial charge in [-0.1, -0.05) is 29.3 Å². The molecule has 2 nitrogen and oxygen atoms in total. The van der Waals surface area contributed by atoms with Crippen LogP contribution in [0.3, 0.4) is 0 Å². The third-order valence-electron chi connectivity index (χ3n) is 3.21. The fourth-order valence-electron chi connectivity index (χ4n) is 2.18. The lowest BCUT2D eigenvalue weighted by molar-refractivity contribution is 0.631. The Bertz CT molecular complexity index is 746. The van der Waals surface area contributed by atoms with Gasteiger partial charge in [0, 0.05) is 17.5 Å². The predicted octanol–water partition coefficient (Wildman–Crippen LogP) is 4.52. The van der Waals surface area contributed by atoms with Crippen molar-refractivity contribution in [3.63, 3.8) is 0 Å². The average Bonchev–Trinajstić information content (AvgIpc) is 2.81. The van der Waals surface area contributed by atoms with E-state index in [4.69, 9.17) is 21.8 Å². The molecule has 0 unspecified atom stereocenters. The topological polar surface area (TPSA) is 39.2 Å². The molecule has 2 aromatic carbocycles. The van der Waals surface area contributed by atoms with Crippen LogP contribution in [0.4, 0.5) is 0 Å². The zero-order valence-electron chi connectivity index (χ0n) is 10.6. The first-order chi connectivity index (χ1) is 9.17. The summed E-state index contributed by atoms with van der Waals surface area (Å²) in [6.07, 6.45) is 0. The van der Waals surface area contributed by atoms with E-state index in [9.17, 15) is 0 Å². The Balaban J connectivity index is 2.13. The predicted molar refractivity (Wildman–Crippen MR) is 79.3 cm³/mol. The molecule has 0 radical (unpaired) electrons. The number of hydrogen-bond donors (Lipinski definition) is 1. The van der Waals surface area contributed by atoms with Gasteiger partial charge in [-0.2, -0.15) is 0 Å². The molecule has 1 aromatic heterocycles. The minimum atomic E-state index is 0.485. The molecule has 0 bridgehead atoms. The molecule has 2 N–H and O–H groups in total. The maximum atomic E-state index is 6.29. The Hall–Kier alpha value is -1.77. The second kappa shape index (κ2) is 4.72. The molecule has 0 spiro atoms. The van der Waals surface area contributed by atoms with Crippen molar-refractivity contribution in [2.24, 2.45) is 5.73 Å². The highest BCUT2D eigenvalue weighted by Gasteiger charge is 2.10. The number of benzene rings is 2. The van der Waals surface area contributed by atoms with Gasteiger partial charge in [0.1, 0.15) is 11.3 Å². The first-order valence-corrected chi connectivity index (χ1v) is 6.54. The normalized spacial score (nSPS) is 11.1. The Morgan fingerprint density at radius 3 is 2.68 bits per heavy atom. The first kappa shape index (κ1) is 12.3. The molecule has 0 aliphatic heterocycles. The largest absolute Gasteiger partial charge is 0.456 e. The van der Waals surface area contributed by atoms with Gasteiger partial charge >= 0.3 is 0 Å². The van der Waals surface area contributed by atoms with Gasteiger partial charge in [-0.3, -0.25) is 0 Å². The summed E-state index contributed by atoms with van der Waals surface area (Å²) in [6.45, 7) is 2.55. The van der Waals surface area contributed by atoms with E-state index in [0.29, 0.717) is 11.6 Å². The summed E-state index contributed by atoms with van der Waals surface area (Å²) < 4.78 is 5.85. The molecule has 0 saturated carbocycles. The van der Waals surface area contributed by atoms with Gasteiger partial charge in [0.2, 0.25) is 0 Å². The Labute approximate surface area is 116 Å². The smallest absolute Gasteiger partial charge is 0.136 e. The van der Waals surface area contributed by atoms with Gasteiger partial charge < -0.3 is 10.2 Å². The van der Waals surface area contributed by atoms with E-state index in [2.05, 4.69) is 13.0 Å². The van der Waals surface area contributed by atoms with Crippen molar-refractivity contribution in [1.29, 1.82) is 0 Å². The standard InChI is InChI=1S/C16H14ClNO/c1-10-2-5-15-12(6-10)8-16(19-15)13-4-3-11(9-18)7-14(13)17/h2-8H,9,18H2,1H3. The summed E-state index contributed by atoms with van der Waals surface area (Å²) in [5.41, 5.74) is 9.60. The van der Waals surface area contributed by atoms with Crippen molar-refractivity contribution in [3.05, 3.63) is 58.6 Å². The monoisotopic (exact) mass is 271 g/mol. The summed E-state index contributed by atoms with van der Waals surface area (Å²) in [6, 6.07) is 13.9. The lowest BCUT2D eigenvalue weighted by Gasteiger charge is -2.03. The van der Waals surface area contributed by atoms with Crippen LogP contribution in [0.5, 0.6) is 0 Å². The minimum Gasteiger partial charge on any atom is -0.456 e. The average molecular weight is 272 g/mol. The van der Waals surface area contributed by atoms with Crippen molar-refractivity contribution in [2.75, 3.05) is 0 Å². The van der Waals surface area contributed by atoms with Crippen molar-refractivity contribution in [3.8, 4) is 11.3 Å². The molecule has 96 valence electrons. The highest BCUT2D eigenvalue weighted by atomic mass is 35.5. The van der Waals surface area contributed by atoms with Gasteiger partial charge in [-0.25, -0.2) is 0 Å². The molecular formula is C16H14ClNO. The third-order valence-corrected chi connectivity index (χ3v) is 3.52. The summed E-state index contributed by atoms with van der Waals surface area (Å²) in [5.74, 6) is 0.786. The molecule has 3 heteroatoms. The number of nitrogens with two attached hydrogens (primary N) is 1. The van der Waals surface area contributed by atoms with E-state index in [1.54, 1.807) is 0 Å². The van der Waals surface area contributed by atoms with Crippen LogP contribution in [0.15, 0.2) is 46.9 Å². The fraction of sp³-hybridized carbons (Fsp3) is 0.125. The minimum absolute atomic E-state index is 0.485. The van der Waals surface area contributed by atoms with Gasteiger partial charge in [-0.05, 0) is 42.8 Å². The molecule has 0 saturated heterocycles. The molecule has 1 heterocycles. The van der Waals surface area contributed by atoms with E-state index >= 15 is 0 Å². The number of fused-ring (bicyclic) bond motifs is 1. The van der Waals surface area contributed by atoms with Crippen molar-refractivity contribution in [1.82, 2.24) is 0 Å². The Kier molecular flexibility index (Phi) is 3.05. The van der Waals surface area contributed by atoms with Crippen LogP contribution in [-0.4, -0.2) is 0 Å². The first-order valence-electron chi connectivity index (χ1n) is 6.16. The summed E-state index contributed by atoms with van der Waals surface area (Å²) in [5, 5.41) is 1.76. The number of halogens is 1. The van der Waals surface area contributed by atoms with E-state index in [0.717, 1.165) is 27.9 Å². The van der Waals surface area contributed by atoms with Gasteiger partial charge in [0.25, 0.3) is 0 Å². The number of hydrogen-bond acceptors (Lipinski definition) is 2. The molecule has 0 aliphatic carbocycles. The third kappa shape index (κ3) is 2.25. The molecule has 19 heavy (non-hydrogen) atoms. The fourth-order valence-corrected chi connectivity index (χ4v) is 2.48. The SMILES string of the molecule is Cc1ccc2oc(-c3ccc(CN)cc3Cl)cc2c1. The van der Waals surface area contributed by atoms with Crippen LogP contribution in [0.1, 0.15) is 11.1 Å². The summed E-state index contributed by atoms with van der Waals surface area (Å²) in [7, 11) is 0. The van der Waals surface area contributed by atoms with E-state index in [-0.39, 0.29) is 0 Å². The molecule has 3 aromatic rings. The number of aryl methyl sites for hydroxylation is 1. The zero-order chi connectivity index (χ0) is 13.4. The maximum absolute atomic E-state index is 6.29. The van der Waals surface area contributed by atoms with Crippen LogP contribution in [0.25, 0.3) is 22.3 Å². The van der Waals surface area contributed by atoms with E-state index < -0.39 is 0 Å². The quantitative estimate of drug-likeness (QED) is 0.744. The van der Waals surface area contributed by atoms with Gasteiger partial charge in [-0.15, -0.1) is 0 Å². The number of rotatable bonds is 2. The second-order valence-corrected chi connectivity index (χ2v) is 5.08. The van der Waals surface area contributed by atoms with Crippen LogP contribution in [0.2, 0.25) is 5.02 Å². The molecule has 0 atom stereocenters. The Morgan fingerprint density at radius 2 is 1.95 bits per heavy atom. The lowest BCUT2D eigenvalue weighted by atomic mass is 10.1. The van der Waals surface area contributed by atoms with E-state index in [1.165, 1.54) is 5.56 Å². The second-order valence-electron chi connectivity index (χ2n) is 4.67. The van der Waals surface area contributed by atoms with Crippen LogP contribution >= 0.6 is 11.6 Å². The van der Waals surface area contributed by atoms with Crippen molar-refractivity contribution < 1.29 is 4.42 Å². The number of furan rings is 1. The van der Waals surface area contributed by atoms with E-state index in [1.807, 2.05) is 36.4 Å². The molecule has 0 fully saturated rings.